The first-order chi connectivity index (χ1) is 8.01. The normalized spacial score (nSPS) is 14.1. The van der Waals surface area contributed by atoms with Crippen molar-refractivity contribution in [2.24, 2.45) is 0 Å². The number of ether oxygens (including phenoxy) is 1. The Labute approximate surface area is 104 Å². The molecule has 2 unspecified atom stereocenters. The van der Waals surface area contributed by atoms with Gasteiger partial charge in [-0.2, -0.15) is 12.6 Å². The standard InChI is InChI=1S/C11H14O5S/c1-16-6-2-3-7(11(14)15)8(4-6)10(13)9(12)5-17/h2-4,9-10,12-13,17H,5H2,1H3,(H,14,15). The van der Waals surface area contributed by atoms with Gasteiger partial charge in [0.1, 0.15) is 11.9 Å². The van der Waals surface area contributed by atoms with Crippen LogP contribution >= 0.6 is 12.6 Å². The first-order valence-corrected chi connectivity index (χ1v) is 5.52. The van der Waals surface area contributed by atoms with Crippen molar-refractivity contribution in [2.45, 2.75) is 12.2 Å². The van der Waals surface area contributed by atoms with E-state index < -0.39 is 18.2 Å². The molecule has 17 heavy (non-hydrogen) atoms. The van der Waals surface area contributed by atoms with E-state index in [1.807, 2.05) is 0 Å². The average Bonchev–Trinajstić information content (AvgIpc) is 2.35. The first-order valence-electron chi connectivity index (χ1n) is 4.89. The molecule has 0 spiro atoms. The van der Waals surface area contributed by atoms with E-state index >= 15 is 0 Å². The molecule has 0 aliphatic rings. The molecule has 0 saturated carbocycles. The van der Waals surface area contributed by atoms with Gasteiger partial charge in [-0.05, 0) is 18.2 Å². The molecule has 3 N–H and O–H groups in total. The van der Waals surface area contributed by atoms with Crippen molar-refractivity contribution in [2.75, 3.05) is 12.9 Å². The maximum atomic E-state index is 11.0. The molecule has 0 radical (unpaired) electrons. The van der Waals surface area contributed by atoms with Crippen LogP contribution in [0.25, 0.3) is 0 Å². The molecule has 6 heteroatoms. The van der Waals surface area contributed by atoms with Crippen molar-refractivity contribution < 1.29 is 24.9 Å². The van der Waals surface area contributed by atoms with E-state index in [-0.39, 0.29) is 16.9 Å². The summed E-state index contributed by atoms with van der Waals surface area (Å²) in [6, 6.07) is 4.19. The summed E-state index contributed by atoms with van der Waals surface area (Å²) in [5.41, 5.74) is 0.0394. The van der Waals surface area contributed by atoms with Gasteiger partial charge in [-0.25, -0.2) is 4.79 Å². The molecule has 0 fully saturated rings. The molecule has 1 rings (SSSR count). The van der Waals surface area contributed by atoms with Crippen molar-refractivity contribution in [1.29, 1.82) is 0 Å². The van der Waals surface area contributed by atoms with Crippen LogP contribution in [0, 0.1) is 0 Å². The average molecular weight is 258 g/mol. The number of carboxylic acids is 1. The van der Waals surface area contributed by atoms with Gasteiger partial charge in [-0.15, -0.1) is 0 Å². The van der Waals surface area contributed by atoms with E-state index in [9.17, 15) is 15.0 Å². The highest BCUT2D eigenvalue weighted by atomic mass is 32.1. The van der Waals surface area contributed by atoms with Crippen molar-refractivity contribution in [1.82, 2.24) is 0 Å². The molecule has 0 bridgehead atoms. The molecule has 94 valence electrons. The summed E-state index contributed by atoms with van der Waals surface area (Å²) < 4.78 is 4.95. The van der Waals surface area contributed by atoms with Gasteiger partial charge in [0.05, 0.1) is 18.8 Å². The zero-order valence-electron chi connectivity index (χ0n) is 9.20. The molecule has 0 heterocycles. The van der Waals surface area contributed by atoms with Crippen LogP contribution in [0.4, 0.5) is 0 Å². The Morgan fingerprint density at radius 1 is 1.47 bits per heavy atom. The minimum Gasteiger partial charge on any atom is -0.497 e. The predicted octanol–water partition coefficient (Wildman–Crippen LogP) is 0.717. The summed E-state index contributed by atoms with van der Waals surface area (Å²) in [7, 11) is 1.43. The SMILES string of the molecule is COc1ccc(C(=O)O)c(C(O)C(O)CS)c1. The molecule has 2 atom stereocenters. The number of aliphatic hydroxyl groups excluding tert-OH is 2. The molecule has 0 aliphatic carbocycles. The number of aromatic carboxylic acids is 1. The van der Waals surface area contributed by atoms with Crippen LogP contribution in [-0.4, -0.2) is 40.3 Å². The number of hydrogen-bond donors (Lipinski definition) is 4. The summed E-state index contributed by atoms with van der Waals surface area (Å²) >= 11 is 3.85. The van der Waals surface area contributed by atoms with Crippen LogP contribution in [-0.2, 0) is 0 Å². The van der Waals surface area contributed by atoms with Gasteiger partial charge in [0.25, 0.3) is 0 Å². The van der Waals surface area contributed by atoms with Gasteiger partial charge >= 0.3 is 5.97 Å². The van der Waals surface area contributed by atoms with Crippen LogP contribution in [0.15, 0.2) is 18.2 Å². The number of hydrogen-bond acceptors (Lipinski definition) is 5. The maximum absolute atomic E-state index is 11.0. The van der Waals surface area contributed by atoms with E-state index in [1.165, 1.54) is 25.3 Å². The topological polar surface area (TPSA) is 87.0 Å². The van der Waals surface area contributed by atoms with Gasteiger partial charge in [-0.3, -0.25) is 0 Å². The van der Waals surface area contributed by atoms with Crippen LogP contribution < -0.4 is 4.74 Å². The third-order valence-corrected chi connectivity index (χ3v) is 2.73. The van der Waals surface area contributed by atoms with Gasteiger partial charge in [0.15, 0.2) is 0 Å². The number of carboxylic acid groups (broad SMARTS) is 1. The lowest BCUT2D eigenvalue weighted by atomic mass is 9.99. The summed E-state index contributed by atoms with van der Waals surface area (Å²) in [5.74, 6) is -0.735. The summed E-state index contributed by atoms with van der Waals surface area (Å²) in [4.78, 5) is 11.0. The molecule has 1 aromatic carbocycles. The van der Waals surface area contributed by atoms with Crippen LogP contribution in [0.1, 0.15) is 22.0 Å². The number of aliphatic hydroxyl groups is 2. The molecule has 5 nitrogen and oxygen atoms in total. The molecule has 1 aromatic rings. The fraction of sp³-hybridized carbons (Fsp3) is 0.364. The molecule has 0 saturated heterocycles. The lowest BCUT2D eigenvalue weighted by Gasteiger charge is -2.18. The molecular formula is C11H14O5S. The van der Waals surface area contributed by atoms with Crippen LogP contribution in [0.3, 0.4) is 0 Å². The van der Waals surface area contributed by atoms with Gasteiger partial charge in [-0.1, -0.05) is 0 Å². The Morgan fingerprint density at radius 3 is 2.59 bits per heavy atom. The number of rotatable bonds is 5. The molecule has 0 aromatic heterocycles. The zero-order valence-corrected chi connectivity index (χ0v) is 10.1. The predicted molar refractivity (Wildman–Crippen MR) is 64.8 cm³/mol. The van der Waals surface area contributed by atoms with Crippen molar-refractivity contribution >= 4 is 18.6 Å². The highest BCUT2D eigenvalue weighted by Crippen LogP contribution is 2.26. The quantitative estimate of drug-likeness (QED) is 0.585. The molecular weight excluding hydrogens is 244 g/mol. The minimum absolute atomic E-state index is 0.0252. The Kier molecular flexibility index (Phi) is 4.80. The second-order valence-electron chi connectivity index (χ2n) is 3.45. The Bertz CT molecular complexity index is 407. The first kappa shape index (κ1) is 13.8. The van der Waals surface area contributed by atoms with Crippen molar-refractivity contribution in [3.8, 4) is 5.75 Å². The number of carbonyl (C=O) groups is 1. The Morgan fingerprint density at radius 2 is 2.12 bits per heavy atom. The lowest BCUT2D eigenvalue weighted by Crippen LogP contribution is -2.22. The maximum Gasteiger partial charge on any atom is 0.336 e. The lowest BCUT2D eigenvalue weighted by molar-refractivity contribution is 0.0322. The van der Waals surface area contributed by atoms with Crippen molar-refractivity contribution in [3.63, 3.8) is 0 Å². The van der Waals surface area contributed by atoms with E-state index in [1.54, 1.807) is 0 Å². The van der Waals surface area contributed by atoms with E-state index in [4.69, 9.17) is 9.84 Å². The van der Waals surface area contributed by atoms with Crippen LogP contribution in [0.5, 0.6) is 5.75 Å². The van der Waals surface area contributed by atoms with E-state index in [2.05, 4.69) is 12.6 Å². The van der Waals surface area contributed by atoms with Crippen LogP contribution in [0.2, 0.25) is 0 Å². The largest absolute Gasteiger partial charge is 0.497 e. The molecule has 0 aliphatic heterocycles. The Hall–Kier alpha value is -1.24. The fourth-order valence-corrected chi connectivity index (χ4v) is 1.61. The second-order valence-corrected chi connectivity index (χ2v) is 3.82. The summed E-state index contributed by atoms with van der Waals surface area (Å²) in [5, 5.41) is 28.3. The highest BCUT2D eigenvalue weighted by molar-refractivity contribution is 7.80. The smallest absolute Gasteiger partial charge is 0.336 e. The summed E-state index contributed by atoms with van der Waals surface area (Å²) in [6.45, 7) is 0. The fourth-order valence-electron chi connectivity index (χ4n) is 1.41. The minimum atomic E-state index is -1.31. The summed E-state index contributed by atoms with van der Waals surface area (Å²) in [6.07, 6.45) is -2.45. The van der Waals surface area contributed by atoms with Crippen molar-refractivity contribution in [3.05, 3.63) is 29.3 Å². The number of benzene rings is 1. The number of thiol groups is 1. The monoisotopic (exact) mass is 258 g/mol. The van der Waals surface area contributed by atoms with Gasteiger partial charge in [0.2, 0.25) is 0 Å². The van der Waals surface area contributed by atoms with E-state index in [0.29, 0.717) is 5.75 Å². The second kappa shape index (κ2) is 5.90. The molecule has 0 amide bonds. The third kappa shape index (κ3) is 3.12. The highest BCUT2D eigenvalue weighted by Gasteiger charge is 2.23. The third-order valence-electron chi connectivity index (χ3n) is 2.36. The Balaban J connectivity index is 3.21. The number of methoxy groups -OCH3 is 1. The zero-order chi connectivity index (χ0) is 13.0. The van der Waals surface area contributed by atoms with Gasteiger partial charge in [0, 0.05) is 11.3 Å². The van der Waals surface area contributed by atoms with Gasteiger partial charge < -0.3 is 20.1 Å². The van der Waals surface area contributed by atoms with E-state index in [0.717, 1.165) is 0 Å².